The highest BCUT2D eigenvalue weighted by Crippen LogP contribution is 2.26. The number of ether oxygens (including phenoxy) is 2. The van der Waals surface area contributed by atoms with Crippen LogP contribution < -0.4 is 10.1 Å². The van der Waals surface area contributed by atoms with Gasteiger partial charge in [0.2, 0.25) is 5.91 Å². The van der Waals surface area contributed by atoms with Gasteiger partial charge in [-0.05, 0) is 25.1 Å². The zero-order chi connectivity index (χ0) is 24.8. The zero-order valence-electron chi connectivity index (χ0n) is 20.1. The van der Waals surface area contributed by atoms with Gasteiger partial charge in [0, 0.05) is 58.2 Å². The molecular weight excluding hydrogens is 438 g/mol. The third kappa shape index (κ3) is 5.88. The highest BCUT2D eigenvalue weighted by Gasteiger charge is 2.31. The van der Waals surface area contributed by atoms with Gasteiger partial charge in [-0.1, -0.05) is 6.92 Å². The number of likely N-dealkylation sites (N-methyl/N-ethyl adjacent to an activating group) is 1. The number of hydrogen-bond donors (Lipinski definition) is 1. The molecule has 2 aromatic rings. The van der Waals surface area contributed by atoms with E-state index < -0.39 is 0 Å². The number of fused-ring (bicyclic) bond motifs is 1. The average Bonchev–Trinajstić information content (AvgIpc) is 2.83. The van der Waals surface area contributed by atoms with E-state index in [1.807, 2.05) is 13.8 Å². The first-order valence-corrected chi connectivity index (χ1v) is 11.1. The Morgan fingerprint density at radius 2 is 1.97 bits per heavy atom. The molecule has 0 saturated carbocycles. The third-order valence-electron chi connectivity index (χ3n) is 5.81. The largest absolute Gasteiger partial charge is 0.491 e. The molecule has 1 aromatic heterocycles. The van der Waals surface area contributed by atoms with E-state index in [0.29, 0.717) is 30.1 Å². The van der Waals surface area contributed by atoms with Crippen molar-refractivity contribution in [3.63, 3.8) is 0 Å². The van der Waals surface area contributed by atoms with Crippen LogP contribution in [0.25, 0.3) is 0 Å². The number of hydrogen-bond acceptors (Lipinski definition) is 7. The summed E-state index contributed by atoms with van der Waals surface area (Å²) in [5.41, 5.74) is 1.05. The maximum Gasteiger partial charge on any atom is 0.274 e. The first-order valence-electron chi connectivity index (χ1n) is 11.1. The van der Waals surface area contributed by atoms with Gasteiger partial charge < -0.3 is 24.6 Å². The standard InChI is InChI=1S/C24H31N5O5/c1-15-12-29(24(32)20-11-25-8-9-26-20)16(2)14-34-21-7-6-18(27-17(3)30)10-19(21)23(31)28(4)13-22(15)33-5/h6-11,15-16,22H,12-14H2,1-5H3,(H,27,30)/t15-,16+,22-/m1/s1. The summed E-state index contributed by atoms with van der Waals surface area (Å²) in [4.78, 5) is 49.5. The topological polar surface area (TPSA) is 114 Å². The van der Waals surface area contributed by atoms with Crippen molar-refractivity contribution in [2.24, 2.45) is 5.92 Å². The number of methoxy groups -OCH3 is 1. The number of rotatable bonds is 3. The van der Waals surface area contributed by atoms with Crippen LogP contribution in [-0.2, 0) is 9.53 Å². The number of aromatic nitrogens is 2. The van der Waals surface area contributed by atoms with Crippen LogP contribution >= 0.6 is 0 Å². The van der Waals surface area contributed by atoms with Crippen molar-refractivity contribution in [1.29, 1.82) is 0 Å². The fourth-order valence-electron chi connectivity index (χ4n) is 3.90. The Labute approximate surface area is 199 Å². The van der Waals surface area contributed by atoms with E-state index >= 15 is 0 Å². The van der Waals surface area contributed by atoms with Crippen LogP contribution in [0.2, 0.25) is 0 Å². The zero-order valence-corrected chi connectivity index (χ0v) is 20.1. The smallest absolute Gasteiger partial charge is 0.274 e. The number of nitrogens with one attached hydrogen (secondary N) is 1. The Morgan fingerprint density at radius 1 is 1.21 bits per heavy atom. The maximum atomic E-state index is 13.3. The van der Waals surface area contributed by atoms with E-state index in [-0.39, 0.29) is 48.1 Å². The molecule has 1 N–H and O–H groups in total. The molecule has 1 aliphatic rings. The average molecular weight is 470 g/mol. The van der Waals surface area contributed by atoms with Gasteiger partial charge >= 0.3 is 0 Å². The number of carbonyl (C=O) groups is 3. The van der Waals surface area contributed by atoms with Crippen LogP contribution in [0.4, 0.5) is 5.69 Å². The lowest BCUT2D eigenvalue weighted by Crippen LogP contribution is -2.48. The SMILES string of the molecule is CO[C@@H]1CN(C)C(=O)c2cc(NC(C)=O)ccc2OC[C@H](C)N(C(=O)c2cnccn2)C[C@H]1C. The molecule has 3 atom stereocenters. The van der Waals surface area contributed by atoms with Crippen LogP contribution in [0, 0.1) is 5.92 Å². The fraction of sp³-hybridized carbons (Fsp3) is 0.458. The van der Waals surface area contributed by atoms with E-state index in [2.05, 4.69) is 15.3 Å². The normalized spacial score (nSPS) is 21.6. The molecule has 10 heteroatoms. The quantitative estimate of drug-likeness (QED) is 0.732. The lowest BCUT2D eigenvalue weighted by Gasteiger charge is -2.35. The summed E-state index contributed by atoms with van der Waals surface area (Å²) in [6, 6.07) is 4.59. The molecule has 1 aliphatic heterocycles. The van der Waals surface area contributed by atoms with Gasteiger partial charge in [-0.3, -0.25) is 19.4 Å². The Hall–Kier alpha value is -3.53. The summed E-state index contributed by atoms with van der Waals surface area (Å²) in [5.74, 6) is -0.471. The van der Waals surface area contributed by atoms with Gasteiger partial charge in [0.15, 0.2) is 0 Å². The third-order valence-corrected chi connectivity index (χ3v) is 5.81. The van der Waals surface area contributed by atoms with Gasteiger partial charge in [-0.2, -0.15) is 0 Å². The minimum absolute atomic E-state index is 0.0899. The highest BCUT2D eigenvalue weighted by molar-refractivity contribution is 5.99. The molecule has 2 heterocycles. The van der Waals surface area contributed by atoms with E-state index in [4.69, 9.17) is 9.47 Å². The van der Waals surface area contributed by atoms with E-state index in [1.165, 1.54) is 25.5 Å². The molecule has 0 aliphatic carbocycles. The van der Waals surface area contributed by atoms with Crippen LogP contribution in [0.5, 0.6) is 5.75 Å². The van der Waals surface area contributed by atoms with Crippen molar-refractivity contribution in [2.45, 2.75) is 32.9 Å². The molecule has 3 rings (SSSR count). The van der Waals surface area contributed by atoms with Crippen molar-refractivity contribution < 1.29 is 23.9 Å². The van der Waals surface area contributed by atoms with Crippen molar-refractivity contribution in [3.8, 4) is 5.75 Å². The summed E-state index contributed by atoms with van der Waals surface area (Å²) in [5, 5.41) is 2.70. The second-order valence-corrected chi connectivity index (χ2v) is 8.54. The minimum atomic E-state index is -0.329. The first kappa shape index (κ1) is 25.1. The molecule has 34 heavy (non-hydrogen) atoms. The summed E-state index contributed by atoms with van der Waals surface area (Å²) in [6.07, 6.45) is 4.12. The molecule has 0 bridgehead atoms. The predicted octanol–water partition coefficient (Wildman–Crippen LogP) is 2.08. The number of nitrogens with zero attached hydrogens (tertiary/aromatic N) is 4. The number of carbonyl (C=O) groups excluding carboxylic acids is 3. The van der Waals surface area contributed by atoms with Crippen molar-refractivity contribution in [2.75, 3.05) is 39.2 Å². The highest BCUT2D eigenvalue weighted by atomic mass is 16.5. The maximum absolute atomic E-state index is 13.3. The molecule has 0 spiro atoms. The predicted molar refractivity (Wildman–Crippen MR) is 126 cm³/mol. The monoisotopic (exact) mass is 469 g/mol. The lowest BCUT2D eigenvalue weighted by molar-refractivity contribution is -0.114. The van der Waals surface area contributed by atoms with Gasteiger partial charge in [-0.15, -0.1) is 0 Å². The van der Waals surface area contributed by atoms with Gasteiger partial charge in [0.25, 0.3) is 11.8 Å². The van der Waals surface area contributed by atoms with Gasteiger partial charge in [0.05, 0.1) is 23.9 Å². The van der Waals surface area contributed by atoms with Crippen molar-refractivity contribution >= 4 is 23.4 Å². The second-order valence-electron chi connectivity index (χ2n) is 8.54. The molecule has 182 valence electrons. The van der Waals surface area contributed by atoms with E-state index in [1.54, 1.807) is 42.2 Å². The van der Waals surface area contributed by atoms with Gasteiger partial charge in [-0.25, -0.2) is 4.98 Å². The number of anilines is 1. The summed E-state index contributed by atoms with van der Waals surface area (Å²) >= 11 is 0. The van der Waals surface area contributed by atoms with Crippen molar-refractivity contribution in [3.05, 3.63) is 48.0 Å². The van der Waals surface area contributed by atoms with Crippen LogP contribution in [0.1, 0.15) is 41.6 Å². The van der Waals surface area contributed by atoms with Crippen LogP contribution in [-0.4, -0.2) is 83.5 Å². The first-order chi connectivity index (χ1) is 16.2. The molecule has 0 saturated heterocycles. The van der Waals surface area contributed by atoms with Crippen molar-refractivity contribution in [1.82, 2.24) is 19.8 Å². The van der Waals surface area contributed by atoms with Gasteiger partial charge in [0.1, 0.15) is 18.1 Å². The fourth-order valence-corrected chi connectivity index (χ4v) is 3.90. The Kier molecular flexibility index (Phi) is 8.17. The van der Waals surface area contributed by atoms with E-state index in [9.17, 15) is 14.4 Å². The Bertz CT molecular complexity index is 1030. The minimum Gasteiger partial charge on any atom is -0.491 e. The molecule has 3 amide bonds. The number of amides is 3. The summed E-state index contributed by atoms with van der Waals surface area (Å²) in [6.45, 7) is 6.11. The Balaban J connectivity index is 1.99. The number of benzene rings is 1. The summed E-state index contributed by atoms with van der Waals surface area (Å²) in [7, 11) is 3.28. The Morgan fingerprint density at radius 3 is 2.62 bits per heavy atom. The second kappa shape index (κ2) is 11.1. The van der Waals surface area contributed by atoms with Crippen LogP contribution in [0.3, 0.4) is 0 Å². The molecule has 0 fully saturated rings. The van der Waals surface area contributed by atoms with E-state index in [0.717, 1.165) is 0 Å². The molecule has 0 unspecified atom stereocenters. The lowest BCUT2D eigenvalue weighted by atomic mass is 10.0. The van der Waals surface area contributed by atoms with Crippen LogP contribution in [0.15, 0.2) is 36.8 Å². The summed E-state index contributed by atoms with van der Waals surface area (Å²) < 4.78 is 11.7. The molecule has 1 aromatic carbocycles. The molecule has 10 nitrogen and oxygen atoms in total. The molecule has 0 radical (unpaired) electrons. The molecular formula is C24H31N5O5.